The first-order valence-corrected chi connectivity index (χ1v) is 8.69. The normalized spacial score (nSPS) is 15.5. The zero-order valence-corrected chi connectivity index (χ0v) is 14.7. The molecule has 1 amide bonds. The minimum absolute atomic E-state index is 0.149. The van der Waals surface area contributed by atoms with Crippen molar-refractivity contribution in [2.24, 2.45) is 5.92 Å². The van der Waals surface area contributed by atoms with Crippen molar-refractivity contribution in [2.75, 3.05) is 23.3 Å². The number of benzene rings is 1. The highest BCUT2D eigenvalue weighted by Gasteiger charge is 2.16. The molecule has 23 heavy (non-hydrogen) atoms. The Morgan fingerprint density at radius 2 is 1.87 bits per heavy atom. The Morgan fingerprint density at radius 3 is 2.48 bits per heavy atom. The second-order valence-electron chi connectivity index (χ2n) is 6.03. The fourth-order valence-electron chi connectivity index (χ4n) is 2.70. The lowest BCUT2D eigenvalue weighted by Crippen LogP contribution is -2.32. The molecule has 1 N–H and O–H groups in total. The smallest absolute Gasteiger partial charge is 0.256 e. The number of hydrogen-bond acceptors (Lipinski definition) is 3. The standard InChI is InChI=1S/C18H20BrN3O/c1-13-8-10-22(11-9-13)16-6-7-17(20-12-16)21-18(23)14-2-4-15(19)5-3-14/h2-7,12-13H,8-11H2,1H3,(H,20,21,23). The Bertz CT molecular complexity index is 662. The van der Waals surface area contributed by atoms with Crippen LogP contribution in [0.2, 0.25) is 0 Å². The molecule has 4 nitrogen and oxygen atoms in total. The van der Waals surface area contributed by atoms with E-state index in [1.807, 2.05) is 30.5 Å². The Balaban J connectivity index is 1.63. The Morgan fingerprint density at radius 1 is 1.17 bits per heavy atom. The van der Waals surface area contributed by atoms with Crippen LogP contribution in [0.5, 0.6) is 0 Å². The molecule has 2 heterocycles. The van der Waals surface area contributed by atoms with Gasteiger partial charge in [0.05, 0.1) is 11.9 Å². The van der Waals surface area contributed by atoms with Gasteiger partial charge in [-0.25, -0.2) is 4.98 Å². The molecule has 2 aromatic rings. The highest BCUT2D eigenvalue weighted by molar-refractivity contribution is 9.10. The fraction of sp³-hybridized carbons (Fsp3) is 0.333. The second kappa shape index (κ2) is 7.13. The van der Waals surface area contributed by atoms with Gasteiger partial charge in [-0.05, 0) is 55.2 Å². The monoisotopic (exact) mass is 373 g/mol. The van der Waals surface area contributed by atoms with E-state index < -0.39 is 0 Å². The molecular formula is C18H20BrN3O. The van der Waals surface area contributed by atoms with Crippen LogP contribution in [0.25, 0.3) is 0 Å². The van der Waals surface area contributed by atoms with Crippen LogP contribution < -0.4 is 10.2 Å². The number of hydrogen-bond donors (Lipinski definition) is 1. The van der Waals surface area contributed by atoms with Crippen molar-refractivity contribution in [3.63, 3.8) is 0 Å². The van der Waals surface area contributed by atoms with Crippen LogP contribution in [0, 0.1) is 5.92 Å². The number of carbonyl (C=O) groups excluding carboxylic acids is 1. The number of anilines is 2. The van der Waals surface area contributed by atoms with Gasteiger partial charge >= 0.3 is 0 Å². The number of aromatic nitrogens is 1. The Hall–Kier alpha value is -1.88. The molecule has 0 aliphatic carbocycles. The van der Waals surface area contributed by atoms with E-state index in [9.17, 15) is 4.79 Å². The van der Waals surface area contributed by atoms with Crippen LogP contribution in [0.3, 0.4) is 0 Å². The predicted molar refractivity (Wildman–Crippen MR) is 96.9 cm³/mol. The molecular weight excluding hydrogens is 354 g/mol. The molecule has 3 rings (SSSR count). The third-order valence-corrected chi connectivity index (χ3v) is 4.77. The van der Waals surface area contributed by atoms with Gasteiger partial charge in [-0.15, -0.1) is 0 Å². The summed E-state index contributed by atoms with van der Waals surface area (Å²) in [5, 5.41) is 2.83. The fourth-order valence-corrected chi connectivity index (χ4v) is 2.97. The van der Waals surface area contributed by atoms with Crippen LogP contribution in [-0.2, 0) is 0 Å². The lowest BCUT2D eigenvalue weighted by molar-refractivity contribution is 0.102. The van der Waals surface area contributed by atoms with Crippen LogP contribution >= 0.6 is 15.9 Å². The number of amides is 1. The molecule has 0 spiro atoms. The minimum Gasteiger partial charge on any atom is -0.370 e. The topological polar surface area (TPSA) is 45.2 Å². The summed E-state index contributed by atoms with van der Waals surface area (Å²) in [6, 6.07) is 11.2. The third kappa shape index (κ3) is 4.10. The summed E-state index contributed by atoms with van der Waals surface area (Å²) in [5.41, 5.74) is 1.74. The summed E-state index contributed by atoms with van der Waals surface area (Å²) < 4.78 is 0.951. The van der Waals surface area contributed by atoms with Crippen LogP contribution in [0.15, 0.2) is 47.1 Å². The first-order valence-electron chi connectivity index (χ1n) is 7.90. The Kier molecular flexibility index (Phi) is 4.96. The van der Waals surface area contributed by atoms with Crippen molar-refractivity contribution in [2.45, 2.75) is 19.8 Å². The number of pyridine rings is 1. The van der Waals surface area contributed by atoms with Crippen molar-refractivity contribution in [1.29, 1.82) is 0 Å². The maximum absolute atomic E-state index is 12.2. The summed E-state index contributed by atoms with van der Waals surface area (Å²) >= 11 is 3.36. The zero-order valence-electron chi connectivity index (χ0n) is 13.1. The van der Waals surface area contributed by atoms with E-state index in [1.165, 1.54) is 12.8 Å². The molecule has 0 saturated carbocycles. The highest BCUT2D eigenvalue weighted by atomic mass is 79.9. The quantitative estimate of drug-likeness (QED) is 0.870. The number of nitrogens with one attached hydrogen (secondary N) is 1. The Labute approximate surface area is 145 Å². The number of carbonyl (C=O) groups is 1. The summed E-state index contributed by atoms with van der Waals surface area (Å²) in [5.74, 6) is 1.24. The van der Waals surface area contributed by atoms with Crippen molar-refractivity contribution >= 4 is 33.3 Å². The number of halogens is 1. The average Bonchev–Trinajstić information content (AvgIpc) is 2.57. The first kappa shape index (κ1) is 16.0. The highest BCUT2D eigenvalue weighted by Crippen LogP contribution is 2.23. The zero-order chi connectivity index (χ0) is 16.2. The van der Waals surface area contributed by atoms with Crippen molar-refractivity contribution in [1.82, 2.24) is 4.98 Å². The van der Waals surface area contributed by atoms with Gasteiger partial charge in [0, 0.05) is 23.1 Å². The lowest BCUT2D eigenvalue weighted by atomic mass is 9.99. The molecule has 0 atom stereocenters. The van der Waals surface area contributed by atoms with Crippen LogP contribution in [0.4, 0.5) is 11.5 Å². The maximum Gasteiger partial charge on any atom is 0.256 e. The summed E-state index contributed by atoms with van der Waals surface area (Å²) in [7, 11) is 0. The molecule has 1 aromatic carbocycles. The third-order valence-electron chi connectivity index (χ3n) is 4.24. The maximum atomic E-state index is 12.2. The number of nitrogens with zero attached hydrogens (tertiary/aromatic N) is 2. The molecule has 0 unspecified atom stereocenters. The minimum atomic E-state index is -0.149. The van der Waals surface area contributed by atoms with E-state index in [1.54, 1.807) is 12.1 Å². The summed E-state index contributed by atoms with van der Waals surface area (Å²) in [6.45, 7) is 4.46. The van der Waals surface area contributed by atoms with Crippen LogP contribution in [-0.4, -0.2) is 24.0 Å². The van der Waals surface area contributed by atoms with E-state index in [-0.39, 0.29) is 5.91 Å². The molecule has 1 fully saturated rings. The van der Waals surface area contributed by atoms with Gasteiger partial charge in [0.2, 0.25) is 0 Å². The van der Waals surface area contributed by atoms with Gasteiger partial charge in [0.15, 0.2) is 0 Å². The van der Waals surface area contributed by atoms with E-state index >= 15 is 0 Å². The largest absolute Gasteiger partial charge is 0.370 e. The number of piperidine rings is 1. The molecule has 120 valence electrons. The van der Waals surface area contributed by atoms with E-state index in [2.05, 4.69) is 38.1 Å². The molecule has 1 aliphatic rings. The average molecular weight is 374 g/mol. The summed E-state index contributed by atoms with van der Waals surface area (Å²) in [6.07, 6.45) is 4.29. The first-order chi connectivity index (χ1) is 11.1. The molecule has 5 heteroatoms. The predicted octanol–water partition coefficient (Wildman–Crippen LogP) is 4.33. The molecule has 1 aromatic heterocycles. The van der Waals surface area contributed by atoms with Gasteiger partial charge in [-0.2, -0.15) is 0 Å². The molecule has 0 bridgehead atoms. The SMILES string of the molecule is CC1CCN(c2ccc(NC(=O)c3ccc(Br)cc3)nc2)CC1. The van der Waals surface area contributed by atoms with Crippen molar-refractivity contribution in [3.05, 3.63) is 52.6 Å². The van der Waals surface area contributed by atoms with Gasteiger partial charge in [0.25, 0.3) is 5.91 Å². The molecule has 1 aliphatic heterocycles. The second-order valence-corrected chi connectivity index (χ2v) is 6.95. The van der Waals surface area contributed by atoms with Gasteiger partial charge in [0.1, 0.15) is 5.82 Å². The molecule has 0 radical (unpaired) electrons. The van der Waals surface area contributed by atoms with Crippen molar-refractivity contribution in [3.8, 4) is 0 Å². The lowest BCUT2D eigenvalue weighted by Gasteiger charge is -2.31. The summed E-state index contributed by atoms with van der Waals surface area (Å²) in [4.78, 5) is 18.9. The molecule has 1 saturated heterocycles. The number of rotatable bonds is 3. The van der Waals surface area contributed by atoms with E-state index in [4.69, 9.17) is 0 Å². The van der Waals surface area contributed by atoms with Gasteiger partial charge in [-0.3, -0.25) is 4.79 Å². The van der Waals surface area contributed by atoms with Crippen LogP contribution in [0.1, 0.15) is 30.1 Å². The van der Waals surface area contributed by atoms with Crippen molar-refractivity contribution < 1.29 is 4.79 Å². The van der Waals surface area contributed by atoms with Gasteiger partial charge in [-0.1, -0.05) is 22.9 Å². The van der Waals surface area contributed by atoms with Gasteiger partial charge < -0.3 is 10.2 Å². The van der Waals surface area contributed by atoms with E-state index in [0.717, 1.165) is 29.2 Å². The van der Waals surface area contributed by atoms with E-state index in [0.29, 0.717) is 11.4 Å².